The lowest BCUT2D eigenvalue weighted by molar-refractivity contribution is -0.141. The number of aromatic nitrogens is 5. The zero-order chi connectivity index (χ0) is 26.5. The number of nitrogen functional groups attached to an aromatic ring is 1. The molecule has 190 valence electrons. The molecule has 0 saturated heterocycles. The smallest absolute Gasteiger partial charge is 0.369 e. The zero-order valence-corrected chi connectivity index (χ0v) is 20.5. The molecule has 10 heteroatoms. The standard InChI is InChI=1S/C27H25F3N6O/c1-16-4-7-19(8-5-16)22-21(18-10-12-26(2,3)13-11-18)23-34-35(25(37)36(23)24(31)33-22)15-17-6-9-20(32-14-17)27(28,29)30/h4-12,14H,13,15H2,1-3H3,(H2,31,33). The molecule has 0 saturated carbocycles. The Balaban J connectivity index is 1.68. The van der Waals surface area contributed by atoms with Gasteiger partial charge in [0.15, 0.2) is 5.65 Å². The summed E-state index contributed by atoms with van der Waals surface area (Å²) in [5, 5.41) is 4.58. The van der Waals surface area contributed by atoms with Gasteiger partial charge in [0.05, 0.1) is 17.8 Å². The van der Waals surface area contributed by atoms with Crippen molar-refractivity contribution < 1.29 is 13.2 Å². The summed E-state index contributed by atoms with van der Waals surface area (Å²) in [5.74, 6) is -0.0307. The molecule has 0 unspecified atom stereocenters. The van der Waals surface area contributed by atoms with E-state index in [1.54, 1.807) is 0 Å². The second-order valence-electron chi connectivity index (χ2n) is 9.89. The Labute approximate surface area is 210 Å². The molecule has 1 aliphatic rings. The number of benzene rings is 1. The molecule has 0 fully saturated rings. The molecule has 5 rings (SSSR count). The Hall–Kier alpha value is -4.21. The van der Waals surface area contributed by atoms with Crippen molar-refractivity contribution in [1.29, 1.82) is 0 Å². The highest BCUT2D eigenvalue weighted by molar-refractivity contribution is 5.91. The maximum absolute atomic E-state index is 13.3. The minimum Gasteiger partial charge on any atom is -0.369 e. The number of alkyl halides is 3. The Bertz CT molecular complexity index is 1610. The summed E-state index contributed by atoms with van der Waals surface area (Å²) in [6, 6.07) is 9.98. The number of rotatable bonds is 4. The van der Waals surface area contributed by atoms with Gasteiger partial charge in [-0.15, -0.1) is 5.10 Å². The van der Waals surface area contributed by atoms with Crippen molar-refractivity contribution in [2.75, 3.05) is 5.73 Å². The van der Waals surface area contributed by atoms with Crippen molar-refractivity contribution in [3.05, 3.63) is 93.7 Å². The van der Waals surface area contributed by atoms with E-state index in [4.69, 9.17) is 5.73 Å². The van der Waals surface area contributed by atoms with Crippen LogP contribution in [0.4, 0.5) is 19.1 Å². The second kappa shape index (κ2) is 8.72. The number of halogens is 3. The normalized spacial score (nSPS) is 15.2. The van der Waals surface area contributed by atoms with E-state index >= 15 is 0 Å². The van der Waals surface area contributed by atoms with Gasteiger partial charge >= 0.3 is 11.9 Å². The Kier molecular flexibility index (Phi) is 5.77. The summed E-state index contributed by atoms with van der Waals surface area (Å²) in [6.45, 7) is 6.17. The average molecular weight is 507 g/mol. The van der Waals surface area contributed by atoms with Crippen LogP contribution in [-0.4, -0.2) is 24.1 Å². The molecule has 1 aromatic carbocycles. The van der Waals surface area contributed by atoms with Crippen molar-refractivity contribution in [1.82, 2.24) is 24.1 Å². The molecule has 4 aromatic rings. The van der Waals surface area contributed by atoms with E-state index < -0.39 is 17.6 Å². The fraction of sp³-hybridized carbons (Fsp3) is 0.259. The summed E-state index contributed by atoms with van der Waals surface area (Å²) in [4.78, 5) is 21.4. The SMILES string of the molecule is Cc1ccc(-c2nc(N)n3c(=O)n(Cc4ccc(C(F)(F)F)nc4)nc3c2C2=CCC(C)(C)C=C2)cc1. The quantitative estimate of drug-likeness (QED) is 0.407. The monoisotopic (exact) mass is 506 g/mol. The molecule has 1 aliphatic carbocycles. The number of allylic oxidation sites excluding steroid dienone is 4. The lowest BCUT2D eigenvalue weighted by Gasteiger charge is -2.23. The summed E-state index contributed by atoms with van der Waals surface area (Å²) in [6.07, 6.45) is 3.53. The molecule has 0 amide bonds. The van der Waals surface area contributed by atoms with Crippen LogP contribution in [0, 0.1) is 12.3 Å². The van der Waals surface area contributed by atoms with E-state index in [0.29, 0.717) is 22.5 Å². The highest BCUT2D eigenvalue weighted by Gasteiger charge is 2.32. The van der Waals surface area contributed by atoms with Crippen LogP contribution in [0.25, 0.3) is 22.5 Å². The van der Waals surface area contributed by atoms with Crippen LogP contribution in [0.5, 0.6) is 0 Å². The topological polar surface area (TPSA) is 91.1 Å². The fourth-order valence-corrected chi connectivity index (χ4v) is 4.26. The predicted molar refractivity (Wildman–Crippen MR) is 136 cm³/mol. The molecular weight excluding hydrogens is 481 g/mol. The first-order chi connectivity index (χ1) is 17.4. The van der Waals surface area contributed by atoms with Gasteiger partial charge < -0.3 is 5.73 Å². The molecule has 7 nitrogen and oxygen atoms in total. The van der Waals surface area contributed by atoms with Crippen LogP contribution in [0.2, 0.25) is 0 Å². The lowest BCUT2D eigenvalue weighted by atomic mass is 9.82. The number of nitrogens with two attached hydrogens (primary N) is 1. The van der Waals surface area contributed by atoms with Gasteiger partial charge in [0.1, 0.15) is 5.69 Å². The molecule has 37 heavy (non-hydrogen) atoms. The van der Waals surface area contributed by atoms with Gasteiger partial charge in [-0.2, -0.15) is 13.2 Å². The number of pyridine rings is 1. The van der Waals surface area contributed by atoms with E-state index in [-0.39, 0.29) is 17.9 Å². The van der Waals surface area contributed by atoms with Gasteiger partial charge in [0.25, 0.3) is 0 Å². The van der Waals surface area contributed by atoms with Crippen molar-refractivity contribution in [2.24, 2.45) is 5.41 Å². The maximum atomic E-state index is 13.3. The summed E-state index contributed by atoms with van der Waals surface area (Å²) < 4.78 is 41.1. The largest absolute Gasteiger partial charge is 0.433 e. The highest BCUT2D eigenvalue weighted by atomic mass is 19.4. The van der Waals surface area contributed by atoms with Crippen molar-refractivity contribution in [3.63, 3.8) is 0 Å². The van der Waals surface area contributed by atoms with E-state index in [1.165, 1.54) is 10.5 Å². The highest BCUT2D eigenvalue weighted by Crippen LogP contribution is 2.37. The molecule has 0 aliphatic heterocycles. The number of fused-ring (bicyclic) bond motifs is 1. The minimum absolute atomic E-state index is 0.0142. The molecule has 3 heterocycles. The van der Waals surface area contributed by atoms with Gasteiger partial charge in [-0.25, -0.2) is 18.9 Å². The first-order valence-corrected chi connectivity index (χ1v) is 11.7. The first kappa shape index (κ1) is 24.5. The molecule has 3 aromatic heterocycles. The third-order valence-corrected chi connectivity index (χ3v) is 6.38. The van der Waals surface area contributed by atoms with Crippen molar-refractivity contribution in [3.8, 4) is 11.3 Å². The first-order valence-electron chi connectivity index (χ1n) is 11.7. The van der Waals surface area contributed by atoms with Crippen LogP contribution < -0.4 is 11.4 Å². The third kappa shape index (κ3) is 4.66. The van der Waals surface area contributed by atoms with Gasteiger partial charge in [0, 0.05) is 11.8 Å². The summed E-state index contributed by atoms with van der Waals surface area (Å²) in [5.41, 5.74) is 9.44. The Morgan fingerprint density at radius 1 is 1.11 bits per heavy atom. The van der Waals surface area contributed by atoms with Gasteiger partial charge in [-0.3, -0.25) is 4.98 Å². The van der Waals surface area contributed by atoms with Gasteiger partial charge in [-0.1, -0.05) is 68.0 Å². The Morgan fingerprint density at radius 2 is 1.84 bits per heavy atom. The summed E-state index contributed by atoms with van der Waals surface area (Å²) >= 11 is 0. The fourth-order valence-electron chi connectivity index (χ4n) is 4.26. The van der Waals surface area contributed by atoms with E-state index in [2.05, 4.69) is 41.1 Å². The van der Waals surface area contributed by atoms with Crippen LogP contribution in [-0.2, 0) is 12.7 Å². The van der Waals surface area contributed by atoms with Crippen molar-refractivity contribution in [2.45, 2.75) is 39.9 Å². The van der Waals surface area contributed by atoms with E-state index in [1.807, 2.05) is 37.3 Å². The number of hydrogen-bond acceptors (Lipinski definition) is 5. The molecule has 0 atom stereocenters. The maximum Gasteiger partial charge on any atom is 0.433 e. The average Bonchev–Trinajstić information content (AvgIpc) is 3.16. The van der Waals surface area contributed by atoms with Crippen LogP contribution in [0.3, 0.4) is 0 Å². The second-order valence-corrected chi connectivity index (χ2v) is 9.89. The van der Waals surface area contributed by atoms with E-state index in [0.717, 1.165) is 40.1 Å². The van der Waals surface area contributed by atoms with E-state index in [9.17, 15) is 18.0 Å². The third-order valence-electron chi connectivity index (χ3n) is 6.38. The van der Waals surface area contributed by atoms with Crippen LogP contribution >= 0.6 is 0 Å². The number of nitrogens with zero attached hydrogens (tertiary/aromatic N) is 5. The molecule has 0 radical (unpaired) electrons. The number of hydrogen-bond donors (Lipinski definition) is 1. The molecule has 0 spiro atoms. The summed E-state index contributed by atoms with van der Waals surface area (Å²) in [7, 11) is 0. The van der Waals surface area contributed by atoms with Gasteiger partial charge in [0.2, 0.25) is 5.95 Å². The molecular formula is C27H25F3N6O. The van der Waals surface area contributed by atoms with Crippen molar-refractivity contribution >= 4 is 17.2 Å². The van der Waals surface area contributed by atoms with Crippen LogP contribution in [0.1, 0.15) is 42.7 Å². The minimum atomic E-state index is -4.55. The lowest BCUT2D eigenvalue weighted by Crippen LogP contribution is -2.24. The predicted octanol–water partition coefficient (Wildman–Crippen LogP) is 5.28. The number of aryl methyl sites for hydroxylation is 1. The molecule has 2 N–H and O–H groups in total. The number of anilines is 1. The zero-order valence-electron chi connectivity index (χ0n) is 20.5. The van der Waals surface area contributed by atoms with Gasteiger partial charge in [-0.05, 0) is 36.0 Å². The Morgan fingerprint density at radius 3 is 2.43 bits per heavy atom. The molecule has 0 bridgehead atoms. The van der Waals surface area contributed by atoms with Crippen LogP contribution in [0.15, 0.2) is 65.6 Å².